The summed E-state index contributed by atoms with van der Waals surface area (Å²) in [7, 11) is 0. The van der Waals surface area contributed by atoms with E-state index in [1.807, 2.05) is 13.8 Å². The molecule has 0 fully saturated rings. The standard InChI is InChI=1S/C18H16ClFN4O3/c1-10(2)17-22-18(27-23-17)11-3-6-16(26)24(8-11)9-15(25)21-14-5-4-12(20)7-13(14)19/h3-8,10H,9H2,1-2H3,(H,21,25). The molecule has 2 aromatic heterocycles. The smallest absolute Gasteiger partial charge is 0.259 e. The third-order valence-electron chi connectivity index (χ3n) is 3.71. The van der Waals surface area contributed by atoms with Crippen molar-refractivity contribution in [3.8, 4) is 11.5 Å². The van der Waals surface area contributed by atoms with Gasteiger partial charge in [-0.3, -0.25) is 9.59 Å². The van der Waals surface area contributed by atoms with Crippen molar-refractivity contribution in [2.24, 2.45) is 0 Å². The highest BCUT2D eigenvalue weighted by Crippen LogP contribution is 2.22. The Morgan fingerprint density at radius 3 is 2.78 bits per heavy atom. The molecule has 0 spiro atoms. The summed E-state index contributed by atoms with van der Waals surface area (Å²) in [4.78, 5) is 28.6. The van der Waals surface area contributed by atoms with Crippen molar-refractivity contribution in [2.75, 3.05) is 5.32 Å². The minimum atomic E-state index is -0.512. The Morgan fingerprint density at radius 2 is 2.11 bits per heavy atom. The van der Waals surface area contributed by atoms with Gasteiger partial charge in [-0.1, -0.05) is 30.6 Å². The van der Waals surface area contributed by atoms with Crippen LogP contribution in [-0.4, -0.2) is 20.6 Å². The van der Waals surface area contributed by atoms with Gasteiger partial charge in [-0.25, -0.2) is 4.39 Å². The largest absolute Gasteiger partial charge is 0.334 e. The predicted molar refractivity (Wildman–Crippen MR) is 98.1 cm³/mol. The lowest BCUT2D eigenvalue weighted by Crippen LogP contribution is -2.27. The molecule has 1 aromatic carbocycles. The number of halogens is 2. The molecule has 2 heterocycles. The first-order valence-electron chi connectivity index (χ1n) is 8.13. The average Bonchev–Trinajstić information content (AvgIpc) is 3.10. The molecule has 0 saturated heterocycles. The summed E-state index contributed by atoms with van der Waals surface area (Å²) in [6, 6.07) is 6.47. The van der Waals surface area contributed by atoms with Gasteiger partial charge in [-0.05, 0) is 24.3 Å². The van der Waals surface area contributed by atoms with Crippen molar-refractivity contribution in [3.05, 3.63) is 63.5 Å². The van der Waals surface area contributed by atoms with Crippen LogP contribution in [0.5, 0.6) is 0 Å². The summed E-state index contributed by atoms with van der Waals surface area (Å²) in [5, 5.41) is 6.49. The number of carbonyl (C=O) groups excluding carboxylic acids is 1. The van der Waals surface area contributed by atoms with Gasteiger partial charge in [0.1, 0.15) is 12.4 Å². The van der Waals surface area contributed by atoms with Crippen LogP contribution in [0.25, 0.3) is 11.5 Å². The number of hydrogen-bond donors (Lipinski definition) is 1. The van der Waals surface area contributed by atoms with Crippen LogP contribution in [-0.2, 0) is 11.3 Å². The predicted octanol–water partition coefficient (Wildman–Crippen LogP) is 3.45. The third-order valence-corrected chi connectivity index (χ3v) is 4.02. The fourth-order valence-electron chi connectivity index (χ4n) is 2.30. The molecule has 1 N–H and O–H groups in total. The third kappa shape index (κ3) is 4.40. The maximum atomic E-state index is 13.1. The highest BCUT2D eigenvalue weighted by molar-refractivity contribution is 6.33. The molecule has 140 valence electrons. The minimum absolute atomic E-state index is 0.0662. The number of pyridine rings is 1. The van der Waals surface area contributed by atoms with Gasteiger partial charge in [0.25, 0.3) is 11.4 Å². The summed E-state index contributed by atoms with van der Waals surface area (Å²) in [6.45, 7) is 3.60. The number of amides is 1. The lowest BCUT2D eigenvalue weighted by molar-refractivity contribution is -0.116. The summed E-state index contributed by atoms with van der Waals surface area (Å²) in [5.74, 6) is -0.0982. The molecule has 0 aliphatic carbocycles. The number of nitrogens with zero attached hydrogens (tertiary/aromatic N) is 3. The normalized spacial score (nSPS) is 11.0. The monoisotopic (exact) mass is 390 g/mol. The molecule has 1 amide bonds. The second-order valence-corrected chi connectivity index (χ2v) is 6.58. The molecule has 0 aliphatic rings. The van der Waals surface area contributed by atoms with Crippen LogP contribution in [0.15, 0.2) is 45.8 Å². The lowest BCUT2D eigenvalue weighted by Gasteiger charge is -2.09. The molecule has 0 atom stereocenters. The molecular formula is C18H16ClFN4O3. The van der Waals surface area contributed by atoms with Crippen LogP contribution in [0.1, 0.15) is 25.6 Å². The molecule has 0 saturated carbocycles. The summed E-state index contributed by atoms with van der Waals surface area (Å²) in [5.41, 5.74) is 0.398. The highest BCUT2D eigenvalue weighted by atomic mass is 35.5. The van der Waals surface area contributed by atoms with Crippen molar-refractivity contribution < 1.29 is 13.7 Å². The van der Waals surface area contributed by atoms with E-state index in [0.29, 0.717) is 11.4 Å². The zero-order valence-corrected chi connectivity index (χ0v) is 15.3. The van der Waals surface area contributed by atoms with Crippen LogP contribution in [0.3, 0.4) is 0 Å². The fraction of sp³-hybridized carbons (Fsp3) is 0.222. The summed E-state index contributed by atoms with van der Waals surface area (Å²) in [6.07, 6.45) is 1.46. The molecule has 0 aliphatic heterocycles. The molecule has 9 heteroatoms. The Labute approximate surface area is 158 Å². The van der Waals surface area contributed by atoms with Crippen LogP contribution >= 0.6 is 11.6 Å². The number of anilines is 1. The Morgan fingerprint density at radius 1 is 1.33 bits per heavy atom. The number of rotatable bonds is 5. The maximum Gasteiger partial charge on any atom is 0.259 e. The maximum absolute atomic E-state index is 13.1. The molecular weight excluding hydrogens is 375 g/mol. The quantitative estimate of drug-likeness (QED) is 0.720. The van der Waals surface area contributed by atoms with Crippen LogP contribution < -0.4 is 10.9 Å². The lowest BCUT2D eigenvalue weighted by atomic mass is 10.2. The molecule has 27 heavy (non-hydrogen) atoms. The van der Waals surface area contributed by atoms with Gasteiger partial charge < -0.3 is 14.4 Å². The van der Waals surface area contributed by atoms with Gasteiger partial charge in [0, 0.05) is 18.2 Å². The average molecular weight is 391 g/mol. The van der Waals surface area contributed by atoms with E-state index >= 15 is 0 Å². The molecule has 0 bridgehead atoms. The Balaban J connectivity index is 1.79. The van der Waals surface area contributed by atoms with Crippen LogP contribution in [0.2, 0.25) is 5.02 Å². The van der Waals surface area contributed by atoms with E-state index in [-0.39, 0.29) is 34.6 Å². The fourth-order valence-corrected chi connectivity index (χ4v) is 2.52. The number of hydrogen-bond acceptors (Lipinski definition) is 5. The molecule has 0 radical (unpaired) electrons. The Kier molecular flexibility index (Phi) is 5.36. The zero-order chi connectivity index (χ0) is 19.6. The van der Waals surface area contributed by atoms with E-state index in [2.05, 4.69) is 15.5 Å². The summed E-state index contributed by atoms with van der Waals surface area (Å²) >= 11 is 5.89. The van der Waals surface area contributed by atoms with Crippen molar-refractivity contribution in [3.63, 3.8) is 0 Å². The molecule has 3 aromatic rings. The van der Waals surface area contributed by atoms with Gasteiger partial charge in [-0.15, -0.1) is 0 Å². The second kappa shape index (κ2) is 7.71. The minimum Gasteiger partial charge on any atom is -0.334 e. The van der Waals surface area contributed by atoms with Crippen LogP contribution in [0, 0.1) is 5.82 Å². The van der Waals surface area contributed by atoms with E-state index in [1.54, 1.807) is 6.07 Å². The van der Waals surface area contributed by atoms with E-state index in [1.165, 1.54) is 29.0 Å². The first-order chi connectivity index (χ1) is 12.8. The van der Waals surface area contributed by atoms with Gasteiger partial charge in [0.15, 0.2) is 5.82 Å². The first kappa shape index (κ1) is 18.8. The zero-order valence-electron chi connectivity index (χ0n) is 14.6. The van der Waals surface area contributed by atoms with Crippen LogP contribution in [0.4, 0.5) is 10.1 Å². The second-order valence-electron chi connectivity index (χ2n) is 6.17. The van der Waals surface area contributed by atoms with E-state index in [9.17, 15) is 14.0 Å². The SMILES string of the molecule is CC(C)c1noc(-c2ccc(=O)n(CC(=O)Nc3ccc(F)cc3Cl)c2)n1. The Bertz CT molecular complexity index is 1050. The highest BCUT2D eigenvalue weighted by Gasteiger charge is 2.14. The van der Waals surface area contributed by atoms with Crippen molar-refractivity contribution >= 4 is 23.2 Å². The molecule has 0 unspecified atom stereocenters. The topological polar surface area (TPSA) is 90.0 Å². The Hall–Kier alpha value is -3.00. The van der Waals surface area contributed by atoms with E-state index < -0.39 is 11.7 Å². The van der Waals surface area contributed by atoms with Gasteiger partial charge >= 0.3 is 0 Å². The van der Waals surface area contributed by atoms with Gasteiger partial charge in [0.05, 0.1) is 16.3 Å². The number of carbonyl (C=O) groups is 1. The van der Waals surface area contributed by atoms with E-state index in [0.717, 1.165) is 6.07 Å². The molecule has 7 nitrogen and oxygen atoms in total. The van der Waals surface area contributed by atoms with Gasteiger partial charge in [0.2, 0.25) is 5.91 Å². The van der Waals surface area contributed by atoms with Gasteiger partial charge in [-0.2, -0.15) is 4.98 Å². The number of aromatic nitrogens is 3. The van der Waals surface area contributed by atoms with E-state index in [4.69, 9.17) is 16.1 Å². The summed E-state index contributed by atoms with van der Waals surface area (Å²) < 4.78 is 19.5. The first-order valence-corrected chi connectivity index (χ1v) is 8.50. The number of benzene rings is 1. The van der Waals surface area contributed by atoms with Crippen molar-refractivity contribution in [1.29, 1.82) is 0 Å². The van der Waals surface area contributed by atoms with Crippen molar-refractivity contribution in [2.45, 2.75) is 26.3 Å². The van der Waals surface area contributed by atoms with Crippen molar-refractivity contribution in [1.82, 2.24) is 14.7 Å². The number of nitrogens with one attached hydrogen (secondary N) is 1. The molecule has 3 rings (SSSR count).